The van der Waals surface area contributed by atoms with Crippen LogP contribution >= 0.6 is 22.7 Å². The predicted molar refractivity (Wildman–Crippen MR) is 136 cm³/mol. The van der Waals surface area contributed by atoms with Gasteiger partial charge in [-0.25, -0.2) is 0 Å². The van der Waals surface area contributed by atoms with Crippen molar-refractivity contribution < 1.29 is 19.1 Å². The fourth-order valence-corrected chi connectivity index (χ4v) is 5.80. The number of amides is 2. The maximum atomic E-state index is 13.9. The minimum atomic E-state index is -0.848. The van der Waals surface area contributed by atoms with Crippen LogP contribution < -0.4 is 14.8 Å². The second-order valence-electron chi connectivity index (χ2n) is 8.34. The van der Waals surface area contributed by atoms with E-state index in [0.717, 1.165) is 30.6 Å². The van der Waals surface area contributed by atoms with Crippen LogP contribution in [0.3, 0.4) is 0 Å². The van der Waals surface area contributed by atoms with Crippen molar-refractivity contribution in [1.82, 2.24) is 10.2 Å². The van der Waals surface area contributed by atoms with Crippen LogP contribution in [0.5, 0.6) is 11.5 Å². The van der Waals surface area contributed by atoms with Gasteiger partial charge in [-0.3, -0.25) is 9.59 Å². The van der Waals surface area contributed by atoms with Gasteiger partial charge in [-0.2, -0.15) is 0 Å². The molecule has 0 aliphatic heterocycles. The summed E-state index contributed by atoms with van der Waals surface area (Å²) in [4.78, 5) is 30.9. The van der Waals surface area contributed by atoms with E-state index < -0.39 is 6.04 Å². The molecule has 1 saturated carbocycles. The molecule has 34 heavy (non-hydrogen) atoms. The summed E-state index contributed by atoms with van der Waals surface area (Å²) in [5.41, 5.74) is 0.637. The SMILES string of the molecule is COc1ccc([C@H](C(=O)NC2CCCCC2)N(Cc2cccs2)C(=O)c2cccs2)c(OC)c1. The van der Waals surface area contributed by atoms with Gasteiger partial charge >= 0.3 is 0 Å². The molecule has 0 radical (unpaired) electrons. The van der Waals surface area contributed by atoms with Crippen LogP contribution in [0.25, 0.3) is 0 Å². The molecule has 2 aromatic heterocycles. The maximum Gasteiger partial charge on any atom is 0.265 e. The van der Waals surface area contributed by atoms with E-state index in [1.165, 1.54) is 17.8 Å². The predicted octanol–water partition coefficient (Wildman–Crippen LogP) is 5.66. The average Bonchev–Trinajstić information content (AvgIpc) is 3.58. The van der Waals surface area contributed by atoms with Gasteiger partial charge in [0, 0.05) is 22.5 Å². The number of nitrogens with one attached hydrogen (secondary N) is 1. The smallest absolute Gasteiger partial charge is 0.265 e. The van der Waals surface area contributed by atoms with E-state index in [1.807, 2.05) is 35.0 Å². The molecule has 8 heteroatoms. The number of hydrogen-bond acceptors (Lipinski definition) is 6. The highest BCUT2D eigenvalue weighted by Gasteiger charge is 2.36. The maximum absolute atomic E-state index is 13.9. The zero-order valence-corrected chi connectivity index (χ0v) is 21.1. The highest BCUT2D eigenvalue weighted by molar-refractivity contribution is 7.12. The second kappa shape index (κ2) is 11.5. The molecule has 1 atom stereocenters. The van der Waals surface area contributed by atoms with Crippen molar-refractivity contribution >= 4 is 34.5 Å². The Morgan fingerprint density at radius 1 is 1.03 bits per heavy atom. The number of thiophene rings is 2. The third-order valence-electron chi connectivity index (χ3n) is 6.15. The highest BCUT2D eigenvalue weighted by Crippen LogP contribution is 2.36. The number of nitrogens with zero attached hydrogens (tertiary/aromatic N) is 1. The topological polar surface area (TPSA) is 67.9 Å². The van der Waals surface area contributed by atoms with Gasteiger partial charge in [0.25, 0.3) is 5.91 Å². The molecule has 1 N–H and O–H groups in total. The van der Waals surface area contributed by atoms with Crippen LogP contribution in [0.15, 0.2) is 53.2 Å². The summed E-state index contributed by atoms with van der Waals surface area (Å²) in [7, 11) is 3.16. The lowest BCUT2D eigenvalue weighted by atomic mass is 9.94. The van der Waals surface area contributed by atoms with Crippen molar-refractivity contribution in [1.29, 1.82) is 0 Å². The van der Waals surface area contributed by atoms with Gasteiger partial charge in [0.1, 0.15) is 17.5 Å². The Balaban J connectivity index is 1.77. The molecule has 3 aromatic rings. The Morgan fingerprint density at radius 2 is 1.79 bits per heavy atom. The first-order valence-electron chi connectivity index (χ1n) is 11.5. The van der Waals surface area contributed by atoms with Crippen molar-refractivity contribution in [3.05, 3.63) is 68.5 Å². The Bertz CT molecular complexity index is 1080. The number of carbonyl (C=O) groups excluding carboxylic acids is 2. The van der Waals surface area contributed by atoms with Crippen LogP contribution in [0.2, 0.25) is 0 Å². The van der Waals surface area contributed by atoms with Gasteiger partial charge in [0.05, 0.1) is 25.6 Å². The minimum Gasteiger partial charge on any atom is -0.497 e. The van der Waals surface area contributed by atoms with Crippen LogP contribution in [0, 0.1) is 0 Å². The molecule has 0 unspecified atom stereocenters. The second-order valence-corrected chi connectivity index (χ2v) is 10.3. The van der Waals surface area contributed by atoms with E-state index >= 15 is 0 Å². The van der Waals surface area contributed by atoms with Crippen molar-refractivity contribution in [2.75, 3.05) is 14.2 Å². The quantitative estimate of drug-likeness (QED) is 0.413. The Labute approximate surface area is 208 Å². The van der Waals surface area contributed by atoms with Crippen LogP contribution in [0.4, 0.5) is 0 Å². The first kappa shape index (κ1) is 24.3. The lowest BCUT2D eigenvalue weighted by molar-refractivity contribution is -0.127. The Kier molecular flexibility index (Phi) is 8.24. The van der Waals surface area contributed by atoms with E-state index in [0.29, 0.717) is 28.5 Å². The number of methoxy groups -OCH3 is 2. The van der Waals surface area contributed by atoms with Crippen LogP contribution in [0.1, 0.15) is 58.3 Å². The molecule has 2 heterocycles. The van der Waals surface area contributed by atoms with Gasteiger partial charge in [0.2, 0.25) is 5.91 Å². The average molecular weight is 499 g/mol. The molecule has 0 spiro atoms. The standard InChI is InChI=1S/C26H30N2O4S2/c1-31-19-12-13-21(22(16-19)32-2)24(25(29)27-18-8-4-3-5-9-18)28(17-20-10-6-14-33-20)26(30)23-11-7-15-34-23/h6-7,10-16,18,24H,3-5,8-9,17H2,1-2H3,(H,27,29)/t24-/m1/s1. The summed E-state index contributed by atoms with van der Waals surface area (Å²) in [6, 6.07) is 12.3. The molecule has 4 rings (SSSR count). The van der Waals surface area contributed by atoms with E-state index in [-0.39, 0.29) is 17.9 Å². The first-order chi connectivity index (χ1) is 16.6. The third kappa shape index (κ3) is 5.62. The van der Waals surface area contributed by atoms with Gasteiger partial charge in [-0.1, -0.05) is 31.4 Å². The molecule has 1 aliphatic carbocycles. The van der Waals surface area contributed by atoms with Crippen molar-refractivity contribution in [3.8, 4) is 11.5 Å². The molecule has 1 fully saturated rings. The van der Waals surface area contributed by atoms with Crippen molar-refractivity contribution in [3.63, 3.8) is 0 Å². The fourth-order valence-electron chi connectivity index (χ4n) is 4.41. The lowest BCUT2D eigenvalue weighted by Gasteiger charge is -2.33. The summed E-state index contributed by atoms with van der Waals surface area (Å²) in [5.74, 6) is 0.779. The Morgan fingerprint density at radius 3 is 2.44 bits per heavy atom. The summed E-state index contributed by atoms with van der Waals surface area (Å²) in [5, 5.41) is 7.10. The largest absolute Gasteiger partial charge is 0.497 e. The highest BCUT2D eigenvalue weighted by atomic mass is 32.1. The van der Waals surface area contributed by atoms with Gasteiger partial charge in [-0.15, -0.1) is 22.7 Å². The van der Waals surface area contributed by atoms with E-state index in [1.54, 1.807) is 48.7 Å². The number of hydrogen-bond donors (Lipinski definition) is 1. The van der Waals surface area contributed by atoms with E-state index in [4.69, 9.17) is 9.47 Å². The van der Waals surface area contributed by atoms with Gasteiger partial charge in [-0.05, 0) is 47.9 Å². The monoisotopic (exact) mass is 498 g/mol. The molecule has 2 amide bonds. The summed E-state index contributed by atoms with van der Waals surface area (Å²) in [6.45, 7) is 0.326. The van der Waals surface area contributed by atoms with E-state index in [9.17, 15) is 9.59 Å². The lowest BCUT2D eigenvalue weighted by Crippen LogP contribution is -2.46. The Hall–Kier alpha value is -2.84. The molecule has 6 nitrogen and oxygen atoms in total. The summed E-state index contributed by atoms with van der Waals surface area (Å²) >= 11 is 2.95. The van der Waals surface area contributed by atoms with Gasteiger partial charge < -0.3 is 19.7 Å². The van der Waals surface area contributed by atoms with E-state index in [2.05, 4.69) is 5.32 Å². The van der Waals surface area contributed by atoms with Crippen molar-refractivity contribution in [2.45, 2.75) is 50.7 Å². The normalized spacial score (nSPS) is 14.9. The molecule has 0 bridgehead atoms. The minimum absolute atomic E-state index is 0.119. The number of rotatable bonds is 9. The molecule has 180 valence electrons. The fraction of sp³-hybridized carbons (Fsp3) is 0.385. The van der Waals surface area contributed by atoms with Gasteiger partial charge in [0.15, 0.2) is 0 Å². The molecule has 1 aromatic carbocycles. The van der Waals surface area contributed by atoms with Crippen LogP contribution in [-0.2, 0) is 11.3 Å². The number of ether oxygens (including phenoxy) is 2. The zero-order chi connectivity index (χ0) is 23.9. The summed E-state index contributed by atoms with van der Waals surface area (Å²) in [6.07, 6.45) is 5.33. The molecular weight excluding hydrogens is 468 g/mol. The zero-order valence-electron chi connectivity index (χ0n) is 19.5. The molecule has 1 aliphatic rings. The number of carbonyl (C=O) groups is 2. The first-order valence-corrected chi connectivity index (χ1v) is 13.3. The third-order valence-corrected chi connectivity index (χ3v) is 7.86. The van der Waals surface area contributed by atoms with Crippen molar-refractivity contribution in [2.24, 2.45) is 0 Å². The number of benzene rings is 1. The molecular formula is C26H30N2O4S2. The van der Waals surface area contributed by atoms with Crippen LogP contribution in [-0.4, -0.2) is 37.0 Å². The molecule has 0 saturated heterocycles. The summed E-state index contributed by atoms with van der Waals surface area (Å²) < 4.78 is 11.0.